The summed E-state index contributed by atoms with van der Waals surface area (Å²) in [5, 5.41) is 2.91. The fourth-order valence-corrected chi connectivity index (χ4v) is 4.67. The number of sulfonamides is 1. The highest BCUT2D eigenvalue weighted by Gasteiger charge is 2.33. The number of carbonyl (C=O) groups excluding carboxylic acids is 2. The zero-order chi connectivity index (χ0) is 27.7. The monoisotopic (exact) mass is 539 g/mol. The van der Waals surface area contributed by atoms with E-state index < -0.39 is 34.3 Å². The summed E-state index contributed by atoms with van der Waals surface area (Å²) in [5.41, 5.74) is 1.91. The van der Waals surface area contributed by atoms with Crippen molar-refractivity contribution < 1.29 is 22.4 Å². The van der Waals surface area contributed by atoms with Gasteiger partial charge in [0.1, 0.15) is 11.9 Å². The average Bonchev–Trinajstić information content (AvgIpc) is 2.88. The Morgan fingerprint density at radius 3 is 1.95 bits per heavy atom. The molecule has 3 rings (SSSR count). The van der Waals surface area contributed by atoms with Gasteiger partial charge >= 0.3 is 0 Å². The molecule has 0 aliphatic carbocycles. The van der Waals surface area contributed by atoms with Gasteiger partial charge in [-0.2, -0.15) is 4.31 Å². The fraction of sp³-hybridized carbons (Fsp3) is 0.310. The molecular formula is C29H34FN3O4S. The Kier molecular flexibility index (Phi) is 10.2. The van der Waals surface area contributed by atoms with Crippen molar-refractivity contribution in [3.8, 4) is 0 Å². The van der Waals surface area contributed by atoms with Gasteiger partial charge in [0.05, 0.1) is 12.8 Å². The highest BCUT2D eigenvalue weighted by atomic mass is 32.2. The Labute approximate surface area is 224 Å². The summed E-state index contributed by atoms with van der Waals surface area (Å²) in [7, 11) is -3.77. The first-order chi connectivity index (χ1) is 18.0. The second kappa shape index (κ2) is 13.3. The molecule has 9 heteroatoms. The molecule has 0 aliphatic rings. The topological polar surface area (TPSA) is 86.8 Å². The third-order valence-corrected chi connectivity index (χ3v) is 7.13. The Morgan fingerprint density at radius 1 is 0.842 bits per heavy atom. The molecule has 1 unspecified atom stereocenters. The van der Waals surface area contributed by atoms with Crippen molar-refractivity contribution in [2.45, 2.75) is 33.0 Å². The van der Waals surface area contributed by atoms with Crippen molar-refractivity contribution in [3.63, 3.8) is 0 Å². The largest absolute Gasteiger partial charge is 0.354 e. The number of rotatable bonds is 12. The van der Waals surface area contributed by atoms with E-state index in [9.17, 15) is 22.4 Å². The summed E-state index contributed by atoms with van der Waals surface area (Å²) < 4.78 is 40.0. The van der Waals surface area contributed by atoms with Gasteiger partial charge in [0.25, 0.3) is 0 Å². The Hall–Kier alpha value is -3.56. The predicted molar refractivity (Wildman–Crippen MR) is 146 cm³/mol. The first-order valence-electron chi connectivity index (χ1n) is 12.4. The van der Waals surface area contributed by atoms with Gasteiger partial charge in [0, 0.05) is 19.6 Å². The van der Waals surface area contributed by atoms with E-state index in [1.54, 1.807) is 60.7 Å². The zero-order valence-electron chi connectivity index (χ0n) is 21.9. The van der Waals surface area contributed by atoms with Crippen LogP contribution in [0.3, 0.4) is 0 Å². The lowest BCUT2D eigenvalue weighted by atomic mass is 10.0. The Bertz CT molecular complexity index is 1300. The highest BCUT2D eigenvalue weighted by Crippen LogP contribution is 2.25. The van der Waals surface area contributed by atoms with Gasteiger partial charge in [0.2, 0.25) is 21.8 Å². The van der Waals surface area contributed by atoms with Gasteiger partial charge < -0.3 is 10.2 Å². The molecule has 3 aromatic rings. The van der Waals surface area contributed by atoms with Crippen molar-refractivity contribution in [2.75, 3.05) is 19.3 Å². The molecule has 0 spiro atoms. The maximum atomic E-state index is 13.9. The van der Waals surface area contributed by atoms with E-state index in [2.05, 4.69) is 5.32 Å². The number of hydrogen-bond donors (Lipinski definition) is 1. The quantitative estimate of drug-likeness (QED) is 0.375. The second-order valence-electron chi connectivity index (χ2n) is 9.62. The average molecular weight is 540 g/mol. The van der Waals surface area contributed by atoms with Crippen LogP contribution in [0.4, 0.5) is 4.39 Å². The van der Waals surface area contributed by atoms with Crippen LogP contribution in [0.5, 0.6) is 0 Å². The molecule has 7 nitrogen and oxygen atoms in total. The number of nitrogens with zero attached hydrogens (tertiary/aromatic N) is 2. The summed E-state index contributed by atoms with van der Waals surface area (Å²) >= 11 is 0. The lowest BCUT2D eigenvalue weighted by Crippen LogP contribution is -2.48. The van der Waals surface area contributed by atoms with E-state index in [0.717, 1.165) is 16.1 Å². The minimum Gasteiger partial charge on any atom is -0.354 e. The fourth-order valence-electron chi connectivity index (χ4n) is 3.94. The minimum atomic E-state index is -3.77. The molecule has 0 saturated carbocycles. The van der Waals surface area contributed by atoms with Gasteiger partial charge in [-0.15, -0.1) is 0 Å². The van der Waals surface area contributed by atoms with Gasteiger partial charge in [-0.25, -0.2) is 12.8 Å². The summed E-state index contributed by atoms with van der Waals surface area (Å²) in [6.07, 6.45) is 1.05. The van der Waals surface area contributed by atoms with E-state index in [4.69, 9.17) is 0 Å². The second-order valence-corrected chi connectivity index (χ2v) is 11.6. The van der Waals surface area contributed by atoms with Crippen LogP contribution < -0.4 is 5.32 Å². The number of hydrogen-bond acceptors (Lipinski definition) is 4. The van der Waals surface area contributed by atoms with Crippen LogP contribution >= 0.6 is 0 Å². The maximum Gasteiger partial charge on any atom is 0.247 e. The first-order valence-corrected chi connectivity index (χ1v) is 14.2. The zero-order valence-corrected chi connectivity index (χ0v) is 22.7. The summed E-state index contributed by atoms with van der Waals surface area (Å²) in [4.78, 5) is 28.8. The number of benzene rings is 3. The van der Waals surface area contributed by atoms with Gasteiger partial charge in [-0.3, -0.25) is 9.59 Å². The van der Waals surface area contributed by atoms with E-state index in [0.29, 0.717) is 17.7 Å². The maximum absolute atomic E-state index is 13.9. The van der Waals surface area contributed by atoms with E-state index in [-0.39, 0.29) is 24.9 Å². The van der Waals surface area contributed by atoms with Crippen LogP contribution in [0.15, 0.2) is 84.9 Å². The van der Waals surface area contributed by atoms with Crippen molar-refractivity contribution >= 4 is 21.8 Å². The van der Waals surface area contributed by atoms with Crippen LogP contribution in [0.25, 0.3) is 0 Å². The van der Waals surface area contributed by atoms with Crippen molar-refractivity contribution in [1.29, 1.82) is 0 Å². The third-order valence-electron chi connectivity index (χ3n) is 5.93. The van der Waals surface area contributed by atoms with Crippen LogP contribution in [0.2, 0.25) is 0 Å². The van der Waals surface area contributed by atoms with Gasteiger partial charge in [-0.1, -0.05) is 86.6 Å². The lowest BCUT2D eigenvalue weighted by Gasteiger charge is -2.33. The van der Waals surface area contributed by atoms with Crippen LogP contribution in [-0.4, -0.2) is 48.8 Å². The molecule has 202 valence electrons. The Morgan fingerprint density at radius 2 is 1.39 bits per heavy atom. The first kappa shape index (κ1) is 29.0. The van der Waals surface area contributed by atoms with Crippen molar-refractivity contribution in [3.05, 3.63) is 107 Å². The van der Waals surface area contributed by atoms with Crippen LogP contribution in [-0.2, 0) is 32.7 Å². The third kappa shape index (κ3) is 8.49. The lowest BCUT2D eigenvalue weighted by molar-refractivity contribution is -0.141. The number of carbonyl (C=O) groups is 2. The number of amides is 2. The molecule has 0 radical (unpaired) electrons. The van der Waals surface area contributed by atoms with E-state index in [1.807, 2.05) is 26.0 Å². The van der Waals surface area contributed by atoms with E-state index >= 15 is 0 Å². The van der Waals surface area contributed by atoms with Crippen molar-refractivity contribution in [1.82, 2.24) is 14.5 Å². The summed E-state index contributed by atoms with van der Waals surface area (Å²) in [6.45, 7) is 3.86. The van der Waals surface area contributed by atoms with Crippen LogP contribution in [0.1, 0.15) is 36.6 Å². The predicted octanol–water partition coefficient (Wildman–Crippen LogP) is 4.13. The molecule has 0 fully saturated rings. The molecule has 0 aliphatic heterocycles. The highest BCUT2D eigenvalue weighted by molar-refractivity contribution is 7.88. The minimum absolute atomic E-state index is 0.00531. The Balaban J connectivity index is 2.01. The number of halogens is 1. The SMILES string of the molecule is CC(C)CNC(=O)C(c1ccccc1)N(Cc1ccc(F)cc1)C(=O)CN(Cc1ccccc1)S(C)(=O)=O. The molecule has 2 amide bonds. The standard InChI is InChI=1S/C29H34FN3O4S/c1-22(2)18-31-29(35)28(25-12-8-5-9-13-25)33(20-24-14-16-26(30)17-15-24)27(34)21-32(38(3,36)37)19-23-10-6-4-7-11-23/h4-17,22,28H,18-21H2,1-3H3,(H,31,35). The smallest absolute Gasteiger partial charge is 0.247 e. The normalized spacial score (nSPS) is 12.4. The van der Waals surface area contributed by atoms with Gasteiger partial charge in [-0.05, 0) is 34.7 Å². The molecule has 1 atom stereocenters. The molecule has 0 aromatic heterocycles. The number of nitrogens with one attached hydrogen (secondary N) is 1. The summed E-state index contributed by atoms with van der Waals surface area (Å²) in [5.74, 6) is -1.17. The molecule has 0 heterocycles. The van der Waals surface area contributed by atoms with E-state index in [1.165, 1.54) is 17.0 Å². The van der Waals surface area contributed by atoms with Crippen LogP contribution in [0, 0.1) is 11.7 Å². The summed E-state index contributed by atoms with van der Waals surface area (Å²) in [6, 6.07) is 22.5. The van der Waals surface area contributed by atoms with Gasteiger partial charge in [0.15, 0.2) is 0 Å². The van der Waals surface area contributed by atoms with Crippen molar-refractivity contribution in [2.24, 2.45) is 5.92 Å². The molecule has 3 aromatic carbocycles. The molecule has 0 bridgehead atoms. The molecule has 0 saturated heterocycles. The molecular weight excluding hydrogens is 505 g/mol. The molecule has 38 heavy (non-hydrogen) atoms. The molecule has 1 N–H and O–H groups in total.